The summed E-state index contributed by atoms with van der Waals surface area (Å²) in [6.45, 7) is 0.755. The van der Waals surface area contributed by atoms with E-state index in [0.717, 1.165) is 30.0 Å². The van der Waals surface area contributed by atoms with Crippen LogP contribution >= 0.6 is 22.9 Å². The Morgan fingerprint density at radius 1 is 1.14 bits per heavy atom. The average molecular weight is 317 g/mol. The van der Waals surface area contributed by atoms with Gasteiger partial charge in [-0.05, 0) is 0 Å². The number of rotatable bonds is 5. The molecule has 0 aliphatic heterocycles. The van der Waals surface area contributed by atoms with Gasteiger partial charge in [0.1, 0.15) is 11.0 Å². The molecule has 0 radical (unpaired) electrons. The predicted octanol–water partition coefficient (Wildman–Crippen LogP) is 3.91. The van der Waals surface area contributed by atoms with Crippen LogP contribution in [0, 0.1) is 0 Å². The molecule has 3 aromatic rings. The van der Waals surface area contributed by atoms with Crippen LogP contribution in [0.1, 0.15) is 5.69 Å². The molecule has 3 rings (SSSR count). The maximum absolute atomic E-state index is 6.08. The second-order valence-electron chi connectivity index (χ2n) is 4.42. The van der Waals surface area contributed by atoms with Crippen molar-refractivity contribution in [3.05, 3.63) is 58.1 Å². The van der Waals surface area contributed by atoms with Gasteiger partial charge in [-0.2, -0.15) is 0 Å². The van der Waals surface area contributed by atoms with Gasteiger partial charge in [0.05, 0.1) is 11.2 Å². The third kappa shape index (κ3) is 3.77. The molecule has 0 fully saturated rings. The molecule has 21 heavy (non-hydrogen) atoms. The van der Waals surface area contributed by atoms with Gasteiger partial charge in [0.15, 0.2) is 5.82 Å². The molecule has 0 bridgehead atoms. The number of nitrogens with one attached hydrogen (secondary N) is 1. The first kappa shape index (κ1) is 14.0. The maximum Gasteiger partial charge on any atom is 0.163 e. The van der Waals surface area contributed by atoms with Crippen molar-refractivity contribution in [2.24, 2.45) is 0 Å². The Morgan fingerprint density at radius 2 is 2.00 bits per heavy atom. The molecule has 1 N–H and O–H groups in total. The smallest absolute Gasteiger partial charge is 0.163 e. The Hall–Kier alpha value is -1.98. The monoisotopic (exact) mass is 316 g/mol. The number of anilines is 1. The standard InChI is InChI=1S/C15H13ClN4S/c16-13-8-14(17-7-6-12-9-21-10-18-12)20-15(19-13)11-4-2-1-3-5-11/h1-5,8-10H,6-7H2,(H,17,19,20). The van der Waals surface area contributed by atoms with E-state index >= 15 is 0 Å². The van der Waals surface area contributed by atoms with Crippen molar-refractivity contribution in [3.63, 3.8) is 0 Å². The largest absolute Gasteiger partial charge is 0.370 e. The van der Waals surface area contributed by atoms with Crippen molar-refractivity contribution in [2.45, 2.75) is 6.42 Å². The van der Waals surface area contributed by atoms with Crippen LogP contribution in [0.2, 0.25) is 5.15 Å². The van der Waals surface area contributed by atoms with Gasteiger partial charge in [-0.15, -0.1) is 11.3 Å². The van der Waals surface area contributed by atoms with Crippen LogP contribution in [0.25, 0.3) is 11.4 Å². The van der Waals surface area contributed by atoms with Crippen molar-refractivity contribution >= 4 is 28.8 Å². The average Bonchev–Trinajstić information content (AvgIpc) is 3.01. The molecular formula is C15H13ClN4S. The third-order valence-corrected chi connectivity index (χ3v) is 3.73. The highest BCUT2D eigenvalue weighted by Gasteiger charge is 2.05. The van der Waals surface area contributed by atoms with E-state index in [9.17, 15) is 0 Å². The Kier molecular flexibility index (Phi) is 4.43. The van der Waals surface area contributed by atoms with Gasteiger partial charge in [-0.25, -0.2) is 15.0 Å². The highest BCUT2D eigenvalue weighted by atomic mass is 35.5. The van der Waals surface area contributed by atoms with Crippen LogP contribution in [0.5, 0.6) is 0 Å². The van der Waals surface area contributed by atoms with E-state index in [1.54, 1.807) is 17.4 Å². The predicted molar refractivity (Wildman–Crippen MR) is 86.8 cm³/mol. The van der Waals surface area contributed by atoms with Crippen LogP contribution in [0.3, 0.4) is 0 Å². The minimum atomic E-state index is 0.431. The van der Waals surface area contributed by atoms with E-state index in [4.69, 9.17) is 11.6 Å². The van der Waals surface area contributed by atoms with E-state index in [-0.39, 0.29) is 0 Å². The van der Waals surface area contributed by atoms with Gasteiger partial charge in [0, 0.05) is 30.0 Å². The molecule has 106 valence electrons. The van der Waals surface area contributed by atoms with Gasteiger partial charge in [0.25, 0.3) is 0 Å². The van der Waals surface area contributed by atoms with Crippen LogP contribution in [-0.2, 0) is 6.42 Å². The minimum Gasteiger partial charge on any atom is -0.370 e. The fourth-order valence-electron chi connectivity index (χ4n) is 1.90. The summed E-state index contributed by atoms with van der Waals surface area (Å²) in [7, 11) is 0. The molecule has 6 heteroatoms. The van der Waals surface area contributed by atoms with Crippen molar-refractivity contribution < 1.29 is 0 Å². The van der Waals surface area contributed by atoms with Gasteiger partial charge in [-0.1, -0.05) is 41.9 Å². The van der Waals surface area contributed by atoms with Crippen molar-refractivity contribution in [1.82, 2.24) is 15.0 Å². The Balaban J connectivity index is 1.72. The zero-order valence-electron chi connectivity index (χ0n) is 11.2. The van der Waals surface area contributed by atoms with Crippen molar-refractivity contribution in [2.75, 3.05) is 11.9 Å². The summed E-state index contributed by atoms with van der Waals surface area (Å²) in [5.41, 5.74) is 3.86. The number of thiazole rings is 1. The first-order valence-corrected chi connectivity index (χ1v) is 7.84. The van der Waals surface area contributed by atoms with E-state index in [0.29, 0.717) is 11.0 Å². The molecule has 2 aromatic heterocycles. The Bertz CT molecular complexity index is 701. The van der Waals surface area contributed by atoms with Gasteiger partial charge < -0.3 is 5.32 Å². The molecule has 0 saturated carbocycles. The van der Waals surface area contributed by atoms with E-state index in [1.165, 1.54) is 0 Å². The molecule has 0 amide bonds. The lowest BCUT2D eigenvalue weighted by molar-refractivity contribution is 0.965. The highest BCUT2D eigenvalue weighted by Crippen LogP contribution is 2.20. The van der Waals surface area contributed by atoms with E-state index < -0.39 is 0 Å². The molecule has 1 aromatic carbocycles. The molecule has 2 heterocycles. The maximum atomic E-state index is 6.08. The minimum absolute atomic E-state index is 0.431. The number of hydrogen-bond acceptors (Lipinski definition) is 5. The molecule has 0 saturated heterocycles. The molecule has 4 nitrogen and oxygen atoms in total. The van der Waals surface area contributed by atoms with Crippen LogP contribution in [-0.4, -0.2) is 21.5 Å². The summed E-state index contributed by atoms with van der Waals surface area (Å²) in [5, 5.41) is 5.74. The molecule has 0 atom stereocenters. The molecular weight excluding hydrogens is 304 g/mol. The topological polar surface area (TPSA) is 50.7 Å². The summed E-state index contributed by atoms with van der Waals surface area (Å²) >= 11 is 7.68. The molecule has 0 aliphatic carbocycles. The van der Waals surface area contributed by atoms with Crippen molar-refractivity contribution in [3.8, 4) is 11.4 Å². The summed E-state index contributed by atoms with van der Waals surface area (Å²) in [6.07, 6.45) is 0.853. The fourth-order valence-corrected chi connectivity index (χ4v) is 2.68. The molecule has 0 aliphatic rings. The normalized spacial score (nSPS) is 10.5. The zero-order chi connectivity index (χ0) is 14.5. The van der Waals surface area contributed by atoms with Gasteiger partial charge >= 0.3 is 0 Å². The molecule has 0 unspecified atom stereocenters. The Labute approximate surface area is 131 Å². The SMILES string of the molecule is Clc1cc(NCCc2cscn2)nc(-c2ccccc2)n1. The summed E-state index contributed by atoms with van der Waals surface area (Å²) in [4.78, 5) is 13.0. The first-order valence-electron chi connectivity index (χ1n) is 6.52. The third-order valence-electron chi connectivity index (χ3n) is 2.90. The number of aromatic nitrogens is 3. The van der Waals surface area contributed by atoms with Crippen molar-refractivity contribution in [1.29, 1.82) is 0 Å². The quantitative estimate of drug-likeness (QED) is 0.725. The second-order valence-corrected chi connectivity index (χ2v) is 5.53. The Morgan fingerprint density at radius 3 is 2.76 bits per heavy atom. The highest BCUT2D eigenvalue weighted by molar-refractivity contribution is 7.07. The van der Waals surface area contributed by atoms with E-state index in [1.807, 2.05) is 41.2 Å². The lowest BCUT2D eigenvalue weighted by Gasteiger charge is -2.07. The number of benzene rings is 1. The lowest BCUT2D eigenvalue weighted by Crippen LogP contribution is -2.07. The number of hydrogen-bond donors (Lipinski definition) is 1. The number of nitrogens with zero attached hydrogens (tertiary/aromatic N) is 3. The molecule has 0 spiro atoms. The summed E-state index contributed by atoms with van der Waals surface area (Å²) in [6, 6.07) is 11.5. The fraction of sp³-hybridized carbons (Fsp3) is 0.133. The van der Waals surface area contributed by atoms with Gasteiger partial charge in [0.2, 0.25) is 0 Å². The van der Waals surface area contributed by atoms with E-state index in [2.05, 4.69) is 20.3 Å². The van der Waals surface area contributed by atoms with Crippen LogP contribution in [0.15, 0.2) is 47.3 Å². The number of halogens is 1. The van der Waals surface area contributed by atoms with Crippen LogP contribution < -0.4 is 5.32 Å². The van der Waals surface area contributed by atoms with Gasteiger partial charge in [-0.3, -0.25) is 0 Å². The zero-order valence-corrected chi connectivity index (χ0v) is 12.7. The summed E-state index contributed by atoms with van der Waals surface area (Å²) < 4.78 is 0. The second kappa shape index (κ2) is 6.65. The summed E-state index contributed by atoms with van der Waals surface area (Å²) in [5.74, 6) is 1.35. The van der Waals surface area contributed by atoms with Crippen LogP contribution in [0.4, 0.5) is 5.82 Å². The first-order chi connectivity index (χ1) is 10.3. The lowest BCUT2D eigenvalue weighted by atomic mass is 10.2.